The van der Waals surface area contributed by atoms with E-state index in [1.807, 2.05) is 35.2 Å². The fourth-order valence-corrected chi connectivity index (χ4v) is 2.96. The molecule has 128 valence electrons. The van der Waals surface area contributed by atoms with Crippen LogP contribution in [0.4, 0.5) is 5.69 Å². The lowest BCUT2D eigenvalue weighted by Gasteiger charge is -2.25. The number of hydrogen-bond donors (Lipinski definition) is 1. The van der Waals surface area contributed by atoms with E-state index in [9.17, 15) is 0 Å². The van der Waals surface area contributed by atoms with E-state index >= 15 is 0 Å². The van der Waals surface area contributed by atoms with Crippen LogP contribution in [0, 0.1) is 0 Å². The summed E-state index contributed by atoms with van der Waals surface area (Å²) in [5, 5.41) is 4.76. The highest BCUT2D eigenvalue weighted by molar-refractivity contribution is 7.80. The quantitative estimate of drug-likeness (QED) is 0.591. The molecule has 0 saturated carbocycles. The van der Waals surface area contributed by atoms with Gasteiger partial charge in [-0.05, 0) is 54.7 Å². The molecule has 0 aliphatic heterocycles. The van der Waals surface area contributed by atoms with Crippen LogP contribution >= 0.6 is 35.4 Å². The van der Waals surface area contributed by atoms with Gasteiger partial charge in [-0.15, -0.1) is 0 Å². The third-order valence-corrected chi connectivity index (χ3v) is 4.37. The molecule has 2 heterocycles. The highest BCUT2D eigenvalue weighted by atomic mass is 35.5. The van der Waals surface area contributed by atoms with Crippen molar-refractivity contribution in [3.63, 3.8) is 0 Å². The number of hydrogen-bond acceptors (Lipinski definition) is 3. The molecule has 0 spiro atoms. The molecule has 0 unspecified atom stereocenters. The van der Waals surface area contributed by atoms with Crippen LogP contribution in [0.25, 0.3) is 0 Å². The van der Waals surface area contributed by atoms with E-state index in [0.717, 1.165) is 11.5 Å². The number of thiocarbonyl (C=S) groups is 1. The van der Waals surface area contributed by atoms with Gasteiger partial charge in [-0.1, -0.05) is 29.3 Å². The van der Waals surface area contributed by atoms with E-state index in [1.54, 1.807) is 30.7 Å². The van der Waals surface area contributed by atoms with Gasteiger partial charge in [0.25, 0.3) is 0 Å². The summed E-state index contributed by atoms with van der Waals surface area (Å²) >= 11 is 17.7. The van der Waals surface area contributed by atoms with E-state index in [-0.39, 0.29) is 0 Å². The topological polar surface area (TPSA) is 41.3 Å². The summed E-state index contributed by atoms with van der Waals surface area (Å²) in [6.07, 6.45) is 3.40. The molecule has 3 rings (SSSR count). The highest BCUT2D eigenvalue weighted by Gasteiger charge is 2.15. The molecule has 4 nitrogen and oxygen atoms in total. The molecular formula is C18H15Cl2N3OS. The van der Waals surface area contributed by atoms with Gasteiger partial charge >= 0.3 is 0 Å². The normalized spacial score (nSPS) is 10.5. The molecule has 0 bridgehead atoms. The van der Waals surface area contributed by atoms with Gasteiger partial charge in [0.1, 0.15) is 5.76 Å². The van der Waals surface area contributed by atoms with E-state index < -0.39 is 0 Å². The van der Waals surface area contributed by atoms with Crippen molar-refractivity contribution in [3.05, 3.63) is 82.5 Å². The zero-order valence-electron chi connectivity index (χ0n) is 13.2. The third-order valence-electron chi connectivity index (χ3n) is 3.47. The maximum Gasteiger partial charge on any atom is 0.174 e. The Hall–Kier alpha value is -2.08. The summed E-state index contributed by atoms with van der Waals surface area (Å²) in [4.78, 5) is 6.32. The van der Waals surface area contributed by atoms with Crippen molar-refractivity contribution in [2.45, 2.75) is 13.1 Å². The number of benzene rings is 1. The summed E-state index contributed by atoms with van der Waals surface area (Å²) < 4.78 is 5.45. The first-order chi connectivity index (χ1) is 12.1. The lowest BCUT2D eigenvalue weighted by Crippen LogP contribution is -2.34. The molecule has 0 fully saturated rings. The second-order valence-electron chi connectivity index (χ2n) is 5.31. The average Bonchev–Trinajstić information content (AvgIpc) is 3.11. The van der Waals surface area contributed by atoms with Crippen molar-refractivity contribution in [1.82, 2.24) is 9.88 Å². The molecule has 0 amide bonds. The van der Waals surface area contributed by atoms with Gasteiger partial charge in [0, 0.05) is 11.2 Å². The van der Waals surface area contributed by atoms with Crippen LogP contribution in [-0.4, -0.2) is 15.0 Å². The standard InChI is InChI=1S/C18H15Cl2N3OS/c19-13-6-7-17(16(20)10-13)22-18(25)23(12-15-5-3-9-24-15)11-14-4-1-2-8-21-14/h1-10H,11-12H2,(H,22,25). The maximum atomic E-state index is 6.23. The minimum Gasteiger partial charge on any atom is -0.467 e. The molecular weight excluding hydrogens is 377 g/mol. The Morgan fingerprint density at radius 3 is 2.68 bits per heavy atom. The van der Waals surface area contributed by atoms with Crippen molar-refractivity contribution in [3.8, 4) is 0 Å². The number of halogens is 2. The van der Waals surface area contributed by atoms with Crippen molar-refractivity contribution >= 4 is 46.2 Å². The first kappa shape index (κ1) is 17.7. The zero-order valence-corrected chi connectivity index (χ0v) is 15.5. The minimum atomic E-state index is 0.505. The Morgan fingerprint density at radius 2 is 2.00 bits per heavy atom. The van der Waals surface area contributed by atoms with E-state index in [4.69, 9.17) is 39.8 Å². The molecule has 0 atom stereocenters. The fraction of sp³-hybridized carbons (Fsp3) is 0.111. The number of rotatable bonds is 5. The van der Waals surface area contributed by atoms with Crippen LogP contribution in [0.3, 0.4) is 0 Å². The predicted octanol–water partition coefficient (Wildman–Crippen LogP) is 5.38. The lowest BCUT2D eigenvalue weighted by atomic mass is 10.3. The van der Waals surface area contributed by atoms with Gasteiger partial charge in [-0.2, -0.15) is 0 Å². The zero-order chi connectivity index (χ0) is 17.6. The first-order valence-corrected chi connectivity index (χ1v) is 8.71. The monoisotopic (exact) mass is 391 g/mol. The van der Waals surface area contributed by atoms with Gasteiger partial charge in [0.15, 0.2) is 5.11 Å². The summed E-state index contributed by atoms with van der Waals surface area (Å²) in [6.45, 7) is 1.05. The molecule has 1 N–H and O–H groups in total. The molecule has 3 aromatic rings. The molecule has 1 aromatic carbocycles. The van der Waals surface area contributed by atoms with Crippen LogP contribution < -0.4 is 5.32 Å². The number of nitrogens with one attached hydrogen (secondary N) is 1. The van der Waals surface area contributed by atoms with Crippen molar-refractivity contribution < 1.29 is 4.42 Å². The van der Waals surface area contributed by atoms with Crippen LogP contribution in [-0.2, 0) is 13.1 Å². The Labute approximate surface area is 161 Å². The second-order valence-corrected chi connectivity index (χ2v) is 6.54. The van der Waals surface area contributed by atoms with Gasteiger partial charge in [-0.25, -0.2) is 0 Å². The number of pyridine rings is 1. The van der Waals surface area contributed by atoms with Crippen molar-refractivity contribution in [1.29, 1.82) is 0 Å². The van der Waals surface area contributed by atoms with Gasteiger partial charge < -0.3 is 14.6 Å². The molecule has 0 aliphatic rings. The van der Waals surface area contributed by atoms with Crippen LogP contribution in [0.5, 0.6) is 0 Å². The number of nitrogens with zero attached hydrogens (tertiary/aromatic N) is 2. The summed E-state index contributed by atoms with van der Waals surface area (Å²) in [6, 6.07) is 14.8. The SMILES string of the molecule is S=C(Nc1ccc(Cl)cc1Cl)N(Cc1ccccn1)Cc1ccco1. The number of anilines is 1. The lowest BCUT2D eigenvalue weighted by molar-refractivity contribution is 0.357. The van der Waals surface area contributed by atoms with E-state index in [0.29, 0.717) is 33.9 Å². The summed E-state index contributed by atoms with van der Waals surface area (Å²) in [7, 11) is 0. The predicted molar refractivity (Wildman–Crippen MR) is 105 cm³/mol. The maximum absolute atomic E-state index is 6.23. The largest absolute Gasteiger partial charge is 0.467 e. The number of furan rings is 1. The Kier molecular flexibility index (Phi) is 5.91. The van der Waals surface area contributed by atoms with Crippen LogP contribution in [0.2, 0.25) is 10.0 Å². The Balaban J connectivity index is 1.78. The average molecular weight is 392 g/mol. The van der Waals surface area contributed by atoms with Crippen LogP contribution in [0.15, 0.2) is 65.4 Å². The van der Waals surface area contributed by atoms with Crippen molar-refractivity contribution in [2.24, 2.45) is 0 Å². The fourth-order valence-electron chi connectivity index (χ4n) is 2.26. The molecule has 0 aliphatic carbocycles. The van der Waals surface area contributed by atoms with E-state index in [2.05, 4.69) is 10.3 Å². The Morgan fingerprint density at radius 1 is 1.12 bits per heavy atom. The molecule has 0 saturated heterocycles. The molecule has 0 radical (unpaired) electrons. The highest BCUT2D eigenvalue weighted by Crippen LogP contribution is 2.26. The molecule has 7 heteroatoms. The van der Waals surface area contributed by atoms with Gasteiger partial charge in [0.05, 0.1) is 35.8 Å². The van der Waals surface area contributed by atoms with Crippen molar-refractivity contribution in [2.75, 3.05) is 5.32 Å². The number of aromatic nitrogens is 1. The molecule has 2 aromatic heterocycles. The van der Waals surface area contributed by atoms with E-state index in [1.165, 1.54) is 0 Å². The second kappa shape index (κ2) is 8.34. The van der Waals surface area contributed by atoms with Crippen LogP contribution in [0.1, 0.15) is 11.5 Å². The summed E-state index contributed by atoms with van der Waals surface area (Å²) in [5.74, 6) is 0.808. The summed E-state index contributed by atoms with van der Waals surface area (Å²) in [5.41, 5.74) is 1.60. The Bertz CT molecular complexity index is 841. The molecule has 25 heavy (non-hydrogen) atoms. The minimum absolute atomic E-state index is 0.505. The third kappa shape index (κ3) is 4.95. The smallest absolute Gasteiger partial charge is 0.174 e. The van der Waals surface area contributed by atoms with Gasteiger partial charge in [-0.3, -0.25) is 4.98 Å². The van der Waals surface area contributed by atoms with Gasteiger partial charge in [0.2, 0.25) is 0 Å². The first-order valence-electron chi connectivity index (χ1n) is 7.55.